The van der Waals surface area contributed by atoms with Crippen LogP contribution in [0, 0.1) is 13.8 Å². The molecule has 0 radical (unpaired) electrons. The van der Waals surface area contributed by atoms with E-state index in [1.807, 2.05) is 6.07 Å². The van der Waals surface area contributed by atoms with E-state index in [0.717, 1.165) is 21.5 Å². The Morgan fingerprint density at radius 1 is 1.33 bits per heavy atom. The van der Waals surface area contributed by atoms with E-state index in [9.17, 15) is 0 Å². The zero-order valence-electron chi connectivity index (χ0n) is 8.80. The molecule has 1 heterocycles. The first-order chi connectivity index (χ1) is 7.16. The van der Waals surface area contributed by atoms with E-state index in [0.29, 0.717) is 5.92 Å². The average molecular weight is 266 g/mol. The summed E-state index contributed by atoms with van der Waals surface area (Å²) in [6, 6.07) is 2.05. The minimum atomic E-state index is 0.580. The van der Waals surface area contributed by atoms with E-state index >= 15 is 0 Å². The molecule has 1 aromatic carbocycles. The third kappa shape index (κ3) is 1.41. The Labute approximate surface area is 96.8 Å². The van der Waals surface area contributed by atoms with Gasteiger partial charge >= 0.3 is 0 Å². The predicted molar refractivity (Wildman–Crippen MR) is 63.2 cm³/mol. The molecule has 1 aromatic heterocycles. The van der Waals surface area contributed by atoms with Crippen molar-refractivity contribution in [2.75, 3.05) is 0 Å². The summed E-state index contributed by atoms with van der Waals surface area (Å²) < 4.78 is 6.94. The second-order valence-corrected chi connectivity index (χ2v) is 5.14. The molecule has 2 nitrogen and oxygen atoms in total. The normalized spacial score (nSPS) is 16.2. The van der Waals surface area contributed by atoms with Crippen LogP contribution in [-0.2, 0) is 0 Å². The van der Waals surface area contributed by atoms with Crippen LogP contribution in [0.3, 0.4) is 0 Å². The maximum Gasteiger partial charge on any atom is 0.198 e. The van der Waals surface area contributed by atoms with Gasteiger partial charge in [0.2, 0.25) is 0 Å². The number of nitrogens with zero attached hydrogens (tertiary/aromatic N) is 1. The van der Waals surface area contributed by atoms with Gasteiger partial charge in [0.1, 0.15) is 5.52 Å². The lowest BCUT2D eigenvalue weighted by atomic mass is 10.1. The van der Waals surface area contributed by atoms with Gasteiger partial charge in [-0.25, -0.2) is 4.98 Å². The van der Waals surface area contributed by atoms with Crippen LogP contribution in [0.15, 0.2) is 15.0 Å². The third-order valence-corrected chi connectivity index (χ3v) is 3.94. The quantitative estimate of drug-likeness (QED) is 0.777. The molecule has 0 N–H and O–H groups in total. The average Bonchev–Trinajstić information content (AvgIpc) is 2.97. The Morgan fingerprint density at radius 3 is 2.73 bits per heavy atom. The zero-order valence-corrected chi connectivity index (χ0v) is 10.4. The van der Waals surface area contributed by atoms with Gasteiger partial charge < -0.3 is 4.42 Å². The van der Waals surface area contributed by atoms with Crippen LogP contribution in [0.1, 0.15) is 35.8 Å². The van der Waals surface area contributed by atoms with Crippen molar-refractivity contribution in [3.8, 4) is 0 Å². The number of fused-ring (bicyclic) bond motifs is 1. The van der Waals surface area contributed by atoms with Gasteiger partial charge in [-0.15, -0.1) is 0 Å². The fourth-order valence-electron chi connectivity index (χ4n) is 1.80. The molecule has 0 bridgehead atoms. The molecule has 3 heteroatoms. The zero-order chi connectivity index (χ0) is 10.6. The third-order valence-electron chi connectivity index (χ3n) is 3.12. The largest absolute Gasteiger partial charge is 0.440 e. The first kappa shape index (κ1) is 9.40. The van der Waals surface area contributed by atoms with Crippen molar-refractivity contribution in [3.05, 3.63) is 27.6 Å². The molecular weight excluding hydrogens is 254 g/mol. The molecule has 0 atom stereocenters. The van der Waals surface area contributed by atoms with Gasteiger partial charge in [0.25, 0.3) is 0 Å². The Balaban J connectivity index is 2.29. The second kappa shape index (κ2) is 3.08. The molecule has 15 heavy (non-hydrogen) atoms. The molecular formula is C12H12BrNO. The lowest BCUT2D eigenvalue weighted by Crippen LogP contribution is -1.83. The molecule has 1 aliphatic carbocycles. The smallest absolute Gasteiger partial charge is 0.198 e. The topological polar surface area (TPSA) is 26.0 Å². The predicted octanol–water partition coefficient (Wildman–Crippen LogP) is 4.08. The summed E-state index contributed by atoms with van der Waals surface area (Å²) in [6.45, 7) is 4.18. The molecule has 2 aromatic rings. The van der Waals surface area contributed by atoms with Gasteiger partial charge in [-0.1, -0.05) is 15.9 Å². The van der Waals surface area contributed by atoms with Crippen LogP contribution in [0.25, 0.3) is 11.1 Å². The van der Waals surface area contributed by atoms with Crippen LogP contribution < -0.4 is 0 Å². The van der Waals surface area contributed by atoms with Gasteiger partial charge in [-0.2, -0.15) is 0 Å². The summed E-state index contributed by atoms with van der Waals surface area (Å²) in [4.78, 5) is 4.54. The van der Waals surface area contributed by atoms with Gasteiger partial charge in [0.15, 0.2) is 11.5 Å². The van der Waals surface area contributed by atoms with Crippen LogP contribution in [-0.4, -0.2) is 4.98 Å². The van der Waals surface area contributed by atoms with E-state index in [1.165, 1.54) is 24.0 Å². The molecule has 78 valence electrons. The van der Waals surface area contributed by atoms with Crippen molar-refractivity contribution in [3.63, 3.8) is 0 Å². The molecule has 0 unspecified atom stereocenters. The van der Waals surface area contributed by atoms with E-state index in [4.69, 9.17) is 4.42 Å². The Kier molecular flexibility index (Phi) is 1.93. The maximum atomic E-state index is 5.83. The molecule has 1 aliphatic rings. The molecule has 0 saturated heterocycles. The number of hydrogen-bond acceptors (Lipinski definition) is 2. The van der Waals surface area contributed by atoms with Crippen molar-refractivity contribution in [2.45, 2.75) is 32.6 Å². The van der Waals surface area contributed by atoms with Crippen LogP contribution >= 0.6 is 15.9 Å². The van der Waals surface area contributed by atoms with Crippen molar-refractivity contribution in [1.29, 1.82) is 0 Å². The monoisotopic (exact) mass is 265 g/mol. The lowest BCUT2D eigenvalue weighted by molar-refractivity contribution is 0.531. The summed E-state index contributed by atoms with van der Waals surface area (Å²) in [7, 11) is 0. The minimum absolute atomic E-state index is 0.580. The van der Waals surface area contributed by atoms with Crippen molar-refractivity contribution in [2.24, 2.45) is 0 Å². The van der Waals surface area contributed by atoms with Crippen LogP contribution in [0.5, 0.6) is 0 Å². The maximum absolute atomic E-state index is 5.83. The molecule has 3 rings (SSSR count). The number of aromatic nitrogens is 1. The SMILES string of the molecule is Cc1c(Br)cc2nc(C3CC3)oc2c1C. The molecule has 1 saturated carbocycles. The fourth-order valence-corrected chi connectivity index (χ4v) is 2.31. The number of benzene rings is 1. The van der Waals surface area contributed by atoms with Gasteiger partial charge in [0, 0.05) is 10.4 Å². The van der Waals surface area contributed by atoms with E-state index < -0.39 is 0 Å². The van der Waals surface area contributed by atoms with Crippen molar-refractivity contribution in [1.82, 2.24) is 4.98 Å². The first-order valence-corrected chi connectivity index (χ1v) is 6.02. The molecule has 0 amide bonds. The standard InChI is InChI=1S/C12H12BrNO/c1-6-7(2)11-10(5-9(6)13)14-12(15-11)8-3-4-8/h5,8H,3-4H2,1-2H3. The summed E-state index contributed by atoms with van der Waals surface area (Å²) in [5.74, 6) is 1.50. The highest BCUT2D eigenvalue weighted by Gasteiger charge is 2.29. The molecule has 1 fully saturated rings. The summed E-state index contributed by atoms with van der Waals surface area (Å²) >= 11 is 3.55. The Morgan fingerprint density at radius 2 is 2.07 bits per heavy atom. The Hall–Kier alpha value is -0.830. The minimum Gasteiger partial charge on any atom is -0.440 e. The van der Waals surface area contributed by atoms with Gasteiger partial charge in [-0.3, -0.25) is 0 Å². The summed E-state index contributed by atoms with van der Waals surface area (Å²) in [5, 5.41) is 0. The fraction of sp³-hybridized carbons (Fsp3) is 0.417. The summed E-state index contributed by atoms with van der Waals surface area (Å²) in [5.41, 5.74) is 4.37. The number of hydrogen-bond donors (Lipinski definition) is 0. The molecule has 0 aliphatic heterocycles. The number of aryl methyl sites for hydroxylation is 1. The number of halogens is 1. The highest BCUT2D eigenvalue weighted by molar-refractivity contribution is 9.10. The Bertz CT molecular complexity index is 540. The van der Waals surface area contributed by atoms with Crippen molar-refractivity contribution < 1.29 is 4.42 Å². The highest BCUT2D eigenvalue weighted by atomic mass is 79.9. The van der Waals surface area contributed by atoms with E-state index in [1.54, 1.807) is 0 Å². The first-order valence-electron chi connectivity index (χ1n) is 5.23. The highest BCUT2D eigenvalue weighted by Crippen LogP contribution is 2.41. The number of oxazole rings is 1. The van der Waals surface area contributed by atoms with E-state index in [-0.39, 0.29) is 0 Å². The summed E-state index contributed by atoms with van der Waals surface area (Å²) in [6.07, 6.45) is 2.46. The van der Waals surface area contributed by atoms with Crippen molar-refractivity contribution >= 4 is 27.0 Å². The molecule has 0 spiro atoms. The number of rotatable bonds is 1. The van der Waals surface area contributed by atoms with Crippen LogP contribution in [0.4, 0.5) is 0 Å². The van der Waals surface area contributed by atoms with Gasteiger partial charge in [0.05, 0.1) is 0 Å². The van der Waals surface area contributed by atoms with E-state index in [2.05, 4.69) is 34.8 Å². The van der Waals surface area contributed by atoms with Crippen LogP contribution in [0.2, 0.25) is 0 Å². The second-order valence-electron chi connectivity index (χ2n) is 4.28. The van der Waals surface area contributed by atoms with Gasteiger partial charge in [-0.05, 0) is 43.9 Å². The lowest BCUT2D eigenvalue weighted by Gasteiger charge is -2.01.